The van der Waals surface area contributed by atoms with Crippen LogP contribution in [0, 0.1) is 11.3 Å². The molecule has 1 rings (SSSR count). The Morgan fingerprint density at radius 3 is 2.45 bits per heavy atom. The van der Waals surface area contributed by atoms with Gasteiger partial charge in [0.05, 0.1) is 24.6 Å². The summed E-state index contributed by atoms with van der Waals surface area (Å²) in [6.45, 7) is 8.34. The first-order valence-electron chi connectivity index (χ1n) is 7.22. The van der Waals surface area contributed by atoms with E-state index >= 15 is 0 Å². The van der Waals surface area contributed by atoms with Crippen molar-refractivity contribution in [3.63, 3.8) is 0 Å². The number of nitriles is 1. The molecule has 20 heavy (non-hydrogen) atoms. The van der Waals surface area contributed by atoms with Crippen LogP contribution in [-0.4, -0.2) is 84.2 Å². The molecule has 1 heterocycles. The summed E-state index contributed by atoms with van der Waals surface area (Å²) in [6, 6.07) is 1.91. The molecular weight excluding hydrogens is 256 g/mol. The van der Waals surface area contributed by atoms with E-state index in [2.05, 4.69) is 15.9 Å². The zero-order valence-electron chi connectivity index (χ0n) is 12.7. The van der Waals surface area contributed by atoms with Crippen LogP contribution in [-0.2, 0) is 4.79 Å². The SMILES string of the molecule is CC(O)CN1CCN(C(C)C(=O)N(C)CCC#N)CC1. The van der Waals surface area contributed by atoms with Crippen LogP contribution >= 0.6 is 0 Å². The Bertz CT molecular complexity index is 346. The first-order valence-corrected chi connectivity index (χ1v) is 7.22. The predicted octanol–water partition coefficient (Wildman–Crippen LogP) is -0.255. The molecular formula is C14H26N4O2. The fraction of sp³-hybridized carbons (Fsp3) is 0.857. The fourth-order valence-corrected chi connectivity index (χ4v) is 2.51. The molecule has 1 saturated heterocycles. The van der Waals surface area contributed by atoms with Crippen molar-refractivity contribution in [1.29, 1.82) is 5.26 Å². The second-order valence-electron chi connectivity index (χ2n) is 5.53. The van der Waals surface area contributed by atoms with Crippen LogP contribution in [0.5, 0.6) is 0 Å². The molecule has 6 nitrogen and oxygen atoms in total. The molecule has 6 heteroatoms. The van der Waals surface area contributed by atoms with E-state index in [0.717, 1.165) is 26.2 Å². The largest absolute Gasteiger partial charge is 0.392 e. The molecule has 2 atom stereocenters. The van der Waals surface area contributed by atoms with Gasteiger partial charge in [0.25, 0.3) is 0 Å². The van der Waals surface area contributed by atoms with Crippen molar-refractivity contribution in [2.24, 2.45) is 0 Å². The van der Waals surface area contributed by atoms with Gasteiger partial charge in [0, 0.05) is 46.3 Å². The van der Waals surface area contributed by atoms with E-state index in [1.54, 1.807) is 18.9 Å². The maximum atomic E-state index is 12.2. The third-order valence-electron chi connectivity index (χ3n) is 3.77. The van der Waals surface area contributed by atoms with Crippen LogP contribution < -0.4 is 0 Å². The Hall–Kier alpha value is -1.16. The highest BCUT2D eigenvalue weighted by molar-refractivity contribution is 5.81. The quantitative estimate of drug-likeness (QED) is 0.727. The Labute approximate surface area is 121 Å². The Balaban J connectivity index is 2.40. The van der Waals surface area contributed by atoms with Gasteiger partial charge in [-0.15, -0.1) is 0 Å². The predicted molar refractivity (Wildman–Crippen MR) is 77.0 cm³/mol. The summed E-state index contributed by atoms with van der Waals surface area (Å²) >= 11 is 0. The van der Waals surface area contributed by atoms with Gasteiger partial charge in [-0.2, -0.15) is 5.26 Å². The maximum Gasteiger partial charge on any atom is 0.239 e. The number of β-amino-alcohol motifs (C(OH)–C–C–N with tert-alkyl or cyclic N) is 1. The molecule has 0 spiro atoms. The zero-order valence-corrected chi connectivity index (χ0v) is 12.7. The van der Waals surface area contributed by atoms with Crippen molar-refractivity contribution < 1.29 is 9.90 Å². The second-order valence-corrected chi connectivity index (χ2v) is 5.53. The first-order chi connectivity index (χ1) is 9.45. The lowest BCUT2D eigenvalue weighted by Crippen LogP contribution is -2.54. The van der Waals surface area contributed by atoms with E-state index in [4.69, 9.17) is 5.26 Å². The van der Waals surface area contributed by atoms with Crippen molar-refractivity contribution in [3.05, 3.63) is 0 Å². The van der Waals surface area contributed by atoms with E-state index in [0.29, 0.717) is 19.5 Å². The normalized spacial score (nSPS) is 20.1. The summed E-state index contributed by atoms with van der Waals surface area (Å²) in [5.74, 6) is 0.0734. The number of hydrogen-bond donors (Lipinski definition) is 1. The highest BCUT2D eigenvalue weighted by Gasteiger charge is 2.27. The molecule has 0 aromatic carbocycles. The number of amides is 1. The average molecular weight is 282 g/mol. The smallest absolute Gasteiger partial charge is 0.239 e. The van der Waals surface area contributed by atoms with Gasteiger partial charge in [0.15, 0.2) is 0 Å². The van der Waals surface area contributed by atoms with E-state index in [1.165, 1.54) is 0 Å². The molecule has 0 bridgehead atoms. The van der Waals surface area contributed by atoms with Crippen molar-refractivity contribution in [1.82, 2.24) is 14.7 Å². The summed E-state index contributed by atoms with van der Waals surface area (Å²) in [5.41, 5.74) is 0. The number of aliphatic hydroxyl groups excluding tert-OH is 1. The minimum absolute atomic E-state index is 0.0734. The van der Waals surface area contributed by atoms with Gasteiger partial charge in [-0.25, -0.2) is 0 Å². The minimum atomic E-state index is -0.308. The number of aliphatic hydroxyl groups is 1. The molecule has 1 amide bonds. The number of nitrogens with zero attached hydrogens (tertiary/aromatic N) is 4. The lowest BCUT2D eigenvalue weighted by atomic mass is 10.2. The molecule has 1 aliphatic heterocycles. The van der Waals surface area contributed by atoms with Crippen LogP contribution in [0.3, 0.4) is 0 Å². The lowest BCUT2D eigenvalue weighted by Gasteiger charge is -2.38. The second kappa shape index (κ2) is 8.20. The third-order valence-corrected chi connectivity index (χ3v) is 3.77. The average Bonchev–Trinajstić information content (AvgIpc) is 2.43. The molecule has 1 fully saturated rings. The standard InChI is InChI=1S/C14H26N4O2/c1-12(19)11-17-7-9-18(10-8-17)13(2)14(20)16(3)6-4-5-15/h12-13,19H,4,6-11H2,1-3H3. The van der Waals surface area contributed by atoms with Crippen LogP contribution in [0.25, 0.3) is 0 Å². The van der Waals surface area contributed by atoms with Crippen LogP contribution in [0.2, 0.25) is 0 Å². The number of carbonyl (C=O) groups excluding carboxylic acids is 1. The molecule has 0 saturated carbocycles. The molecule has 2 unspecified atom stereocenters. The minimum Gasteiger partial charge on any atom is -0.392 e. The van der Waals surface area contributed by atoms with Gasteiger partial charge in [0.1, 0.15) is 0 Å². The Morgan fingerprint density at radius 2 is 1.95 bits per heavy atom. The summed E-state index contributed by atoms with van der Waals surface area (Å²) in [5, 5.41) is 17.9. The fourth-order valence-electron chi connectivity index (χ4n) is 2.51. The van der Waals surface area contributed by atoms with Crippen molar-refractivity contribution in [2.75, 3.05) is 46.3 Å². The highest BCUT2D eigenvalue weighted by atomic mass is 16.3. The van der Waals surface area contributed by atoms with Crippen LogP contribution in [0.15, 0.2) is 0 Å². The maximum absolute atomic E-state index is 12.2. The van der Waals surface area contributed by atoms with Gasteiger partial charge in [-0.3, -0.25) is 14.6 Å². The van der Waals surface area contributed by atoms with Crippen molar-refractivity contribution in [2.45, 2.75) is 32.4 Å². The topological polar surface area (TPSA) is 70.8 Å². The number of rotatable bonds is 6. The third kappa shape index (κ3) is 5.08. The molecule has 1 N–H and O–H groups in total. The summed E-state index contributed by atoms with van der Waals surface area (Å²) < 4.78 is 0. The van der Waals surface area contributed by atoms with Crippen LogP contribution in [0.1, 0.15) is 20.3 Å². The van der Waals surface area contributed by atoms with Crippen molar-refractivity contribution in [3.8, 4) is 6.07 Å². The number of carbonyl (C=O) groups is 1. The highest BCUT2D eigenvalue weighted by Crippen LogP contribution is 2.09. The lowest BCUT2D eigenvalue weighted by molar-refractivity contribution is -0.135. The zero-order chi connectivity index (χ0) is 15.1. The molecule has 0 aromatic heterocycles. The number of hydrogen-bond acceptors (Lipinski definition) is 5. The monoisotopic (exact) mass is 282 g/mol. The molecule has 1 aliphatic rings. The molecule has 0 aromatic rings. The van der Waals surface area contributed by atoms with E-state index in [9.17, 15) is 9.90 Å². The summed E-state index contributed by atoms with van der Waals surface area (Å²) in [4.78, 5) is 18.3. The van der Waals surface area contributed by atoms with Gasteiger partial charge in [0.2, 0.25) is 5.91 Å². The summed E-state index contributed by atoms with van der Waals surface area (Å²) in [7, 11) is 1.75. The Kier molecular flexibility index (Phi) is 6.93. The van der Waals surface area contributed by atoms with E-state index < -0.39 is 0 Å². The molecule has 114 valence electrons. The first kappa shape index (κ1) is 16.9. The molecule has 0 aliphatic carbocycles. The van der Waals surface area contributed by atoms with Gasteiger partial charge >= 0.3 is 0 Å². The number of likely N-dealkylation sites (N-methyl/N-ethyl adjacent to an activating group) is 1. The molecule has 0 radical (unpaired) electrons. The van der Waals surface area contributed by atoms with Crippen molar-refractivity contribution >= 4 is 5.91 Å². The number of piperazine rings is 1. The summed E-state index contributed by atoms with van der Waals surface area (Å²) in [6.07, 6.45) is 0.0645. The van der Waals surface area contributed by atoms with E-state index in [1.807, 2.05) is 6.92 Å². The van der Waals surface area contributed by atoms with Crippen LogP contribution in [0.4, 0.5) is 0 Å². The van der Waals surface area contributed by atoms with Gasteiger partial charge in [-0.1, -0.05) is 0 Å². The van der Waals surface area contributed by atoms with Gasteiger partial charge in [-0.05, 0) is 13.8 Å². The van der Waals surface area contributed by atoms with Gasteiger partial charge < -0.3 is 10.0 Å². The van der Waals surface area contributed by atoms with E-state index in [-0.39, 0.29) is 18.1 Å². The Morgan fingerprint density at radius 1 is 1.35 bits per heavy atom.